The minimum absolute atomic E-state index is 0.182. The molecule has 3 aromatic rings. The molecular formula is C14H9F2N3S. The van der Waals surface area contributed by atoms with Gasteiger partial charge in [0.1, 0.15) is 23.0 Å². The van der Waals surface area contributed by atoms with Crippen molar-refractivity contribution >= 4 is 28.4 Å². The smallest absolute Gasteiger partial charge is 0.137 e. The van der Waals surface area contributed by atoms with Crippen molar-refractivity contribution in [2.24, 2.45) is 0 Å². The predicted octanol–water partition coefficient (Wildman–Crippen LogP) is 3.64. The zero-order valence-electron chi connectivity index (χ0n) is 10.2. The van der Waals surface area contributed by atoms with Gasteiger partial charge >= 0.3 is 0 Å². The first-order chi connectivity index (χ1) is 9.63. The minimum Gasteiger partial charge on any atom is -0.399 e. The molecule has 3 nitrogen and oxygen atoms in total. The van der Waals surface area contributed by atoms with Gasteiger partial charge in [-0.25, -0.2) is 18.7 Å². The summed E-state index contributed by atoms with van der Waals surface area (Å²) < 4.78 is 26.9. The van der Waals surface area contributed by atoms with E-state index >= 15 is 0 Å². The number of benzene rings is 2. The molecule has 1 aromatic heterocycles. The molecule has 6 heteroatoms. The van der Waals surface area contributed by atoms with Crippen molar-refractivity contribution in [2.75, 3.05) is 5.73 Å². The Bertz CT molecular complexity index is 792. The van der Waals surface area contributed by atoms with Crippen LogP contribution in [0, 0.1) is 11.6 Å². The van der Waals surface area contributed by atoms with E-state index in [1.807, 2.05) is 0 Å². The average molecular weight is 289 g/mol. The van der Waals surface area contributed by atoms with Gasteiger partial charge in [-0.1, -0.05) is 11.8 Å². The van der Waals surface area contributed by atoms with E-state index in [4.69, 9.17) is 5.73 Å². The van der Waals surface area contributed by atoms with Crippen LogP contribution in [0.2, 0.25) is 0 Å². The summed E-state index contributed by atoms with van der Waals surface area (Å²) in [5.74, 6) is -0.977. The van der Waals surface area contributed by atoms with Gasteiger partial charge in [0.2, 0.25) is 0 Å². The third-order valence-electron chi connectivity index (χ3n) is 2.72. The molecule has 0 unspecified atom stereocenters. The number of nitrogens with zero attached hydrogens (tertiary/aromatic N) is 2. The van der Waals surface area contributed by atoms with E-state index < -0.39 is 11.6 Å². The van der Waals surface area contributed by atoms with Crippen LogP contribution in [0.1, 0.15) is 0 Å². The van der Waals surface area contributed by atoms with Crippen LogP contribution in [-0.4, -0.2) is 9.97 Å². The standard InChI is InChI=1S/C14H9F2N3S/c15-8-1-4-11(16)13(5-8)20-14-10-3-2-9(17)6-12(10)18-7-19-14/h1-7H,17H2. The van der Waals surface area contributed by atoms with Gasteiger partial charge < -0.3 is 5.73 Å². The lowest BCUT2D eigenvalue weighted by Gasteiger charge is -2.06. The van der Waals surface area contributed by atoms with E-state index in [2.05, 4.69) is 9.97 Å². The Kier molecular flexibility index (Phi) is 3.23. The molecule has 0 aliphatic carbocycles. The fraction of sp³-hybridized carbons (Fsp3) is 0. The Morgan fingerprint density at radius 1 is 1.00 bits per heavy atom. The van der Waals surface area contributed by atoms with Crippen molar-refractivity contribution in [3.8, 4) is 0 Å². The highest BCUT2D eigenvalue weighted by Gasteiger charge is 2.10. The second-order valence-electron chi connectivity index (χ2n) is 4.13. The fourth-order valence-electron chi connectivity index (χ4n) is 1.79. The van der Waals surface area contributed by atoms with Crippen molar-refractivity contribution in [1.29, 1.82) is 0 Å². The van der Waals surface area contributed by atoms with Crippen LogP contribution in [0.15, 0.2) is 52.6 Å². The molecule has 0 radical (unpaired) electrons. The van der Waals surface area contributed by atoms with E-state index in [0.29, 0.717) is 16.2 Å². The molecule has 1 heterocycles. The molecule has 2 N–H and O–H groups in total. The van der Waals surface area contributed by atoms with E-state index in [0.717, 1.165) is 35.3 Å². The van der Waals surface area contributed by atoms with Crippen LogP contribution >= 0.6 is 11.8 Å². The number of halogens is 2. The number of aromatic nitrogens is 2. The molecule has 0 amide bonds. The molecule has 2 aromatic carbocycles. The van der Waals surface area contributed by atoms with Gasteiger partial charge in [0, 0.05) is 11.1 Å². The SMILES string of the molecule is Nc1ccc2c(Sc3cc(F)ccc3F)ncnc2c1. The van der Waals surface area contributed by atoms with Gasteiger partial charge in [-0.15, -0.1) is 0 Å². The van der Waals surface area contributed by atoms with Crippen LogP contribution in [0.5, 0.6) is 0 Å². The molecule has 0 fully saturated rings. The zero-order chi connectivity index (χ0) is 14.1. The quantitative estimate of drug-likeness (QED) is 0.578. The van der Waals surface area contributed by atoms with Crippen molar-refractivity contribution in [2.45, 2.75) is 9.92 Å². The highest BCUT2D eigenvalue weighted by Crippen LogP contribution is 2.33. The van der Waals surface area contributed by atoms with Gasteiger partial charge in [-0.2, -0.15) is 0 Å². The van der Waals surface area contributed by atoms with E-state index in [1.165, 1.54) is 6.33 Å². The highest BCUT2D eigenvalue weighted by atomic mass is 32.2. The molecule has 20 heavy (non-hydrogen) atoms. The van der Waals surface area contributed by atoms with Crippen LogP contribution in [0.3, 0.4) is 0 Å². The maximum absolute atomic E-state index is 13.7. The van der Waals surface area contributed by atoms with Crippen molar-refractivity contribution in [1.82, 2.24) is 9.97 Å². The molecule has 0 aliphatic heterocycles. The number of nitrogens with two attached hydrogens (primary N) is 1. The van der Waals surface area contributed by atoms with Gasteiger partial charge in [-0.05, 0) is 36.4 Å². The van der Waals surface area contributed by atoms with E-state index in [-0.39, 0.29) is 4.90 Å². The normalized spacial score (nSPS) is 10.9. The first-order valence-corrected chi connectivity index (χ1v) is 6.58. The average Bonchev–Trinajstić information content (AvgIpc) is 2.43. The Morgan fingerprint density at radius 2 is 1.85 bits per heavy atom. The van der Waals surface area contributed by atoms with Crippen LogP contribution < -0.4 is 5.73 Å². The summed E-state index contributed by atoms with van der Waals surface area (Å²) in [5.41, 5.74) is 6.95. The van der Waals surface area contributed by atoms with Crippen LogP contribution in [-0.2, 0) is 0 Å². The minimum atomic E-state index is -0.489. The Hall–Kier alpha value is -2.21. The monoisotopic (exact) mass is 289 g/mol. The summed E-state index contributed by atoms with van der Waals surface area (Å²) >= 11 is 1.06. The van der Waals surface area contributed by atoms with Crippen molar-refractivity contribution < 1.29 is 8.78 Å². The summed E-state index contributed by atoms with van der Waals surface area (Å²) in [6, 6.07) is 8.52. The molecule has 3 rings (SSSR count). The summed E-state index contributed by atoms with van der Waals surface area (Å²) in [6.07, 6.45) is 1.38. The van der Waals surface area contributed by atoms with Gasteiger partial charge in [-0.3, -0.25) is 0 Å². The van der Waals surface area contributed by atoms with Crippen molar-refractivity contribution in [3.05, 3.63) is 54.4 Å². The molecule has 0 bridgehead atoms. The maximum atomic E-state index is 13.7. The van der Waals surface area contributed by atoms with Gasteiger partial charge in [0.25, 0.3) is 0 Å². The Balaban J connectivity index is 2.09. The van der Waals surface area contributed by atoms with E-state index in [1.54, 1.807) is 18.2 Å². The fourth-order valence-corrected chi connectivity index (χ4v) is 2.72. The number of fused-ring (bicyclic) bond motifs is 1. The van der Waals surface area contributed by atoms with Crippen LogP contribution in [0.4, 0.5) is 14.5 Å². The number of hydrogen-bond acceptors (Lipinski definition) is 4. The first-order valence-electron chi connectivity index (χ1n) is 5.76. The lowest BCUT2D eigenvalue weighted by Crippen LogP contribution is -1.91. The lowest BCUT2D eigenvalue weighted by molar-refractivity contribution is 0.577. The summed E-state index contributed by atoms with van der Waals surface area (Å²) in [4.78, 5) is 8.42. The summed E-state index contributed by atoms with van der Waals surface area (Å²) in [7, 11) is 0. The number of nitrogen functional groups attached to an aromatic ring is 1. The van der Waals surface area contributed by atoms with Crippen molar-refractivity contribution in [3.63, 3.8) is 0 Å². The van der Waals surface area contributed by atoms with Crippen LogP contribution in [0.25, 0.3) is 10.9 Å². The summed E-state index contributed by atoms with van der Waals surface area (Å²) in [6.45, 7) is 0. The molecule has 0 saturated heterocycles. The topological polar surface area (TPSA) is 51.8 Å². The number of rotatable bonds is 2. The first kappa shape index (κ1) is 12.8. The molecule has 0 saturated carbocycles. The number of anilines is 1. The molecular weight excluding hydrogens is 280 g/mol. The third-order valence-corrected chi connectivity index (χ3v) is 3.78. The second kappa shape index (κ2) is 5.05. The Labute approximate surface area is 117 Å². The summed E-state index contributed by atoms with van der Waals surface area (Å²) in [5, 5.41) is 1.30. The Morgan fingerprint density at radius 3 is 2.70 bits per heavy atom. The van der Waals surface area contributed by atoms with Gasteiger partial charge in [0.15, 0.2) is 0 Å². The zero-order valence-corrected chi connectivity index (χ0v) is 11.0. The lowest BCUT2D eigenvalue weighted by atomic mass is 10.2. The highest BCUT2D eigenvalue weighted by molar-refractivity contribution is 7.99. The molecule has 0 aliphatic rings. The van der Waals surface area contributed by atoms with E-state index in [9.17, 15) is 8.78 Å². The number of hydrogen-bond donors (Lipinski definition) is 1. The third kappa shape index (κ3) is 2.42. The van der Waals surface area contributed by atoms with Gasteiger partial charge in [0.05, 0.1) is 10.4 Å². The molecule has 0 atom stereocenters. The second-order valence-corrected chi connectivity index (χ2v) is 5.16. The maximum Gasteiger partial charge on any atom is 0.137 e. The largest absolute Gasteiger partial charge is 0.399 e. The molecule has 100 valence electrons. The molecule has 0 spiro atoms. The predicted molar refractivity (Wildman–Crippen MR) is 74.4 cm³/mol.